The van der Waals surface area contributed by atoms with Gasteiger partial charge in [-0.2, -0.15) is 5.26 Å². The van der Waals surface area contributed by atoms with Crippen molar-refractivity contribution in [2.24, 2.45) is 23.5 Å². The molecule has 1 heterocycles. The number of amides is 1. The van der Waals surface area contributed by atoms with Crippen LogP contribution in [0.2, 0.25) is 0 Å². The van der Waals surface area contributed by atoms with Crippen LogP contribution in [0.4, 0.5) is 5.69 Å². The number of primary amides is 1. The Bertz CT molecular complexity index is 701. The standard InChI is InChI=1S/C23H34N4O2/c1-29-17-19-3-2-4-21(15-19)27-13-11-26(12-14-27)10-9-18-5-7-20(8-6-18)22(16-24)23(25)28/h2-4,15,18,20,22H,5-14,17H2,1H3,(H2,25,28). The number of carbonyl (C=O) groups is 1. The maximum absolute atomic E-state index is 11.4. The van der Waals surface area contributed by atoms with E-state index in [0.29, 0.717) is 12.5 Å². The molecule has 1 aliphatic carbocycles. The number of anilines is 1. The second kappa shape index (κ2) is 10.6. The van der Waals surface area contributed by atoms with Crippen LogP contribution in [0.1, 0.15) is 37.7 Å². The molecule has 1 aliphatic heterocycles. The lowest BCUT2D eigenvalue weighted by atomic mass is 9.75. The van der Waals surface area contributed by atoms with Crippen molar-refractivity contribution in [1.82, 2.24) is 4.90 Å². The van der Waals surface area contributed by atoms with Crippen molar-refractivity contribution >= 4 is 11.6 Å². The second-order valence-electron chi connectivity index (χ2n) is 8.51. The summed E-state index contributed by atoms with van der Waals surface area (Å²) in [6.07, 6.45) is 5.35. The van der Waals surface area contributed by atoms with E-state index in [4.69, 9.17) is 15.7 Å². The molecule has 1 saturated heterocycles. The van der Waals surface area contributed by atoms with E-state index >= 15 is 0 Å². The van der Waals surface area contributed by atoms with Crippen LogP contribution in [0, 0.1) is 29.1 Å². The van der Waals surface area contributed by atoms with Crippen molar-refractivity contribution in [2.45, 2.75) is 38.7 Å². The van der Waals surface area contributed by atoms with Crippen molar-refractivity contribution in [3.63, 3.8) is 0 Å². The second-order valence-corrected chi connectivity index (χ2v) is 8.51. The van der Waals surface area contributed by atoms with Crippen LogP contribution in [0.3, 0.4) is 0 Å². The zero-order valence-corrected chi connectivity index (χ0v) is 17.6. The first kappa shape index (κ1) is 21.6. The van der Waals surface area contributed by atoms with Gasteiger partial charge in [-0.05, 0) is 55.3 Å². The number of rotatable bonds is 8. The highest BCUT2D eigenvalue weighted by molar-refractivity contribution is 5.79. The molecular formula is C23H34N4O2. The third-order valence-electron chi connectivity index (χ3n) is 6.62. The molecule has 0 spiro atoms. The number of nitrogens with two attached hydrogens (primary N) is 1. The molecule has 1 unspecified atom stereocenters. The summed E-state index contributed by atoms with van der Waals surface area (Å²) in [5.41, 5.74) is 7.88. The monoisotopic (exact) mass is 398 g/mol. The summed E-state index contributed by atoms with van der Waals surface area (Å²) in [5.74, 6) is -0.193. The Balaban J connectivity index is 1.38. The average molecular weight is 399 g/mol. The van der Waals surface area contributed by atoms with E-state index in [1.807, 2.05) is 0 Å². The van der Waals surface area contributed by atoms with Gasteiger partial charge in [-0.3, -0.25) is 9.69 Å². The number of nitriles is 1. The zero-order valence-electron chi connectivity index (χ0n) is 17.6. The molecule has 0 aromatic heterocycles. The molecule has 0 bridgehead atoms. The Morgan fingerprint density at radius 1 is 1.24 bits per heavy atom. The minimum Gasteiger partial charge on any atom is -0.380 e. The number of carbonyl (C=O) groups excluding carboxylic acids is 1. The lowest BCUT2D eigenvalue weighted by molar-refractivity contribution is -0.122. The molecular weight excluding hydrogens is 364 g/mol. The van der Waals surface area contributed by atoms with Gasteiger partial charge in [-0.15, -0.1) is 0 Å². The Morgan fingerprint density at radius 2 is 1.97 bits per heavy atom. The number of piperazine rings is 1. The van der Waals surface area contributed by atoms with Gasteiger partial charge in [0.25, 0.3) is 0 Å². The molecule has 2 fully saturated rings. The Morgan fingerprint density at radius 3 is 2.59 bits per heavy atom. The Labute approximate surface area is 174 Å². The molecule has 1 amide bonds. The number of hydrogen-bond acceptors (Lipinski definition) is 5. The van der Waals surface area contributed by atoms with Crippen molar-refractivity contribution in [3.8, 4) is 6.07 Å². The van der Waals surface area contributed by atoms with Crippen LogP contribution >= 0.6 is 0 Å². The first-order valence-corrected chi connectivity index (χ1v) is 10.8. The van der Waals surface area contributed by atoms with Gasteiger partial charge in [-0.25, -0.2) is 0 Å². The molecule has 0 radical (unpaired) electrons. The van der Waals surface area contributed by atoms with Gasteiger partial charge in [0.1, 0.15) is 5.92 Å². The lowest BCUT2D eigenvalue weighted by Crippen LogP contribution is -2.47. The fourth-order valence-corrected chi connectivity index (χ4v) is 4.82. The van der Waals surface area contributed by atoms with E-state index in [9.17, 15) is 4.79 Å². The van der Waals surface area contributed by atoms with Crippen LogP contribution in [-0.4, -0.2) is 50.6 Å². The predicted molar refractivity (Wildman–Crippen MR) is 114 cm³/mol. The number of methoxy groups -OCH3 is 1. The van der Waals surface area contributed by atoms with E-state index in [-0.39, 0.29) is 5.92 Å². The van der Waals surface area contributed by atoms with Gasteiger partial charge < -0.3 is 15.4 Å². The van der Waals surface area contributed by atoms with E-state index < -0.39 is 11.8 Å². The Kier molecular flexibility index (Phi) is 7.91. The molecule has 6 heteroatoms. The molecule has 1 atom stereocenters. The normalized spacial score (nSPS) is 24.1. The van der Waals surface area contributed by atoms with Crippen LogP contribution in [0.25, 0.3) is 0 Å². The number of benzene rings is 1. The molecule has 29 heavy (non-hydrogen) atoms. The molecule has 1 saturated carbocycles. The summed E-state index contributed by atoms with van der Waals surface area (Å²) in [7, 11) is 1.73. The smallest absolute Gasteiger partial charge is 0.235 e. The van der Waals surface area contributed by atoms with Crippen molar-refractivity contribution in [2.75, 3.05) is 44.7 Å². The highest BCUT2D eigenvalue weighted by atomic mass is 16.5. The average Bonchev–Trinajstić information content (AvgIpc) is 2.74. The van der Waals surface area contributed by atoms with Crippen molar-refractivity contribution < 1.29 is 9.53 Å². The van der Waals surface area contributed by atoms with Crippen LogP contribution in [0.5, 0.6) is 0 Å². The van der Waals surface area contributed by atoms with E-state index in [2.05, 4.69) is 40.1 Å². The summed E-state index contributed by atoms with van der Waals surface area (Å²) >= 11 is 0. The Hall–Kier alpha value is -2.10. The molecule has 3 rings (SSSR count). The minimum absolute atomic E-state index is 0.158. The summed E-state index contributed by atoms with van der Waals surface area (Å²) < 4.78 is 5.25. The summed E-state index contributed by atoms with van der Waals surface area (Å²) in [4.78, 5) is 16.4. The van der Waals surface area contributed by atoms with E-state index in [0.717, 1.165) is 58.4 Å². The number of hydrogen-bond donors (Lipinski definition) is 1. The van der Waals surface area contributed by atoms with Crippen molar-refractivity contribution in [3.05, 3.63) is 29.8 Å². The van der Waals surface area contributed by atoms with E-state index in [1.165, 1.54) is 17.7 Å². The molecule has 6 nitrogen and oxygen atoms in total. The van der Waals surface area contributed by atoms with Gasteiger partial charge >= 0.3 is 0 Å². The topological polar surface area (TPSA) is 82.6 Å². The number of ether oxygens (including phenoxy) is 1. The molecule has 158 valence electrons. The van der Waals surface area contributed by atoms with Crippen LogP contribution in [0.15, 0.2) is 24.3 Å². The van der Waals surface area contributed by atoms with Crippen LogP contribution < -0.4 is 10.6 Å². The van der Waals surface area contributed by atoms with Crippen molar-refractivity contribution in [1.29, 1.82) is 5.26 Å². The maximum Gasteiger partial charge on any atom is 0.235 e. The number of nitrogens with zero attached hydrogens (tertiary/aromatic N) is 3. The highest BCUT2D eigenvalue weighted by Gasteiger charge is 2.31. The van der Waals surface area contributed by atoms with Gasteiger partial charge in [-0.1, -0.05) is 25.0 Å². The van der Waals surface area contributed by atoms with Crippen LogP contribution in [-0.2, 0) is 16.1 Å². The van der Waals surface area contributed by atoms with E-state index in [1.54, 1.807) is 7.11 Å². The summed E-state index contributed by atoms with van der Waals surface area (Å²) in [6.45, 7) is 6.12. The third kappa shape index (κ3) is 5.94. The largest absolute Gasteiger partial charge is 0.380 e. The fraction of sp³-hybridized carbons (Fsp3) is 0.652. The molecule has 2 N–H and O–H groups in total. The third-order valence-corrected chi connectivity index (χ3v) is 6.62. The summed E-state index contributed by atoms with van der Waals surface area (Å²) in [5, 5.41) is 9.17. The minimum atomic E-state index is -0.605. The molecule has 1 aromatic carbocycles. The predicted octanol–water partition coefficient (Wildman–Crippen LogP) is 2.78. The molecule has 1 aromatic rings. The zero-order chi connectivity index (χ0) is 20.6. The van der Waals surface area contributed by atoms with Gasteiger partial charge in [0.2, 0.25) is 5.91 Å². The molecule has 2 aliphatic rings. The van der Waals surface area contributed by atoms with Gasteiger partial charge in [0.15, 0.2) is 0 Å². The first-order chi connectivity index (χ1) is 14.1. The lowest BCUT2D eigenvalue weighted by Gasteiger charge is -2.37. The van der Waals surface area contributed by atoms with Gasteiger partial charge in [0, 0.05) is 39.0 Å². The SMILES string of the molecule is COCc1cccc(N2CCN(CCC3CCC(C(C#N)C(N)=O)CC3)CC2)c1. The first-order valence-electron chi connectivity index (χ1n) is 10.8. The highest BCUT2D eigenvalue weighted by Crippen LogP contribution is 2.35. The maximum atomic E-state index is 11.4. The fourth-order valence-electron chi connectivity index (χ4n) is 4.82. The summed E-state index contributed by atoms with van der Waals surface area (Å²) in [6, 6.07) is 10.8. The quantitative estimate of drug-likeness (QED) is 0.728. The van der Waals surface area contributed by atoms with Gasteiger partial charge in [0.05, 0.1) is 12.7 Å².